The average Bonchev–Trinajstić information content (AvgIpc) is 3.92. The van der Waals surface area contributed by atoms with E-state index in [1.54, 1.807) is 83.7 Å². The number of hydrogen-bond acceptors (Lipinski definition) is 15. The lowest BCUT2D eigenvalue weighted by atomic mass is 9.73. The highest BCUT2D eigenvalue weighted by Crippen LogP contribution is 2.43. The van der Waals surface area contributed by atoms with Crippen LogP contribution in [-0.4, -0.2) is 147 Å². The summed E-state index contributed by atoms with van der Waals surface area (Å²) < 4.78 is 40.0. The fourth-order valence-corrected chi connectivity index (χ4v) is 10.3. The number of aromatic nitrogens is 3. The predicted molar refractivity (Wildman–Crippen MR) is 245 cm³/mol. The van der Waals surface area contributed by atoms with E-state index in [4.69, 9.17) is 28.4 Å². The number of ketones is 2. The smallest absolute Gasteiger partial charge is 0.411 e. The molecule has 67 heavy (non-hydrogen) atoms. The summed E-state index contributed by atoms with van der Waals surface area (Å²) in [5.74, 6) is -6.44. The summed E-state index contributed by atoms with van der Waals surface area (Å²) in [6, 6.07) is 10.9. The van der Waals surface area contributed by atoms with Crippen molar-refractivity contribution in [2.45, 2.75) is 141 Å². The van der Waals surface area contributed by atoms with Gasteiger partial charge in [0.1, 0.15) is 17.8 Å². The van der Waals surface area contributed by atoms with Crippen molar-refractivity contribution in [1.82, 2.24) is 24.3 Å². The van der Waals surface area contributed by atoms with E-state index in [2.05, 4.69) is 9.97 Å². The van der Waals surface area contributed by atoms with Crippen molar-refractivity contribution in [2.75, 3.05) is 34.4 Å². The summed E-state index contributed by atoms with van der Waals surface area (Å²) in [7, 11) is 5.21. The summed E-state index contributed by atoms with van der Waals surface area (Å²) in [5.41, 5.74) is -1.23. The number of pyridine rings is 1. The van der Waals surface area contributed by atoms with E-state index in [9.17, 15) is 29.1 Å². The maximum Gasteiger partial charge on any atom is 0.411 e. The Labute approximate surface area is 393 Å². The van der Waals surface area contributed by atoms with E-state index in [-0.39, 0.29) is 37.3 Å². The minimum absolute atomic E-state index is 0.0262. The first-order valence-electron chi connectivity index (χ1n) is 23.5. The molecule has 6 rings (SSSR count). The Morgan fingerprint density at radius 2 is 1.69 bits per heavy atom. The van der Waals surface area contributed by atoms with Gasteiger partial charge in [-0.1, -0.05) is 45.9 Å². The van der Waals surface area contributed by atoms with Gasteiger partial charge in [0.05, 0.1) is 54.1 Å². The summed E-state index contributed by atoms with van der Waals surface area (Å²) in [5, 5.41) is 11.3. The molecular weight excluding hydrogens is 863 g/mol. The Hall–Kier alpha value is -5.07. The monoisotopic (exact) mass is 931 g/mol. The number of unbranched alkanes of at least 4 members (excludes halogenated alkanes) is 1. The zero-order valence-corrected chi connectivity index (χ0v) is 40.5. The second-order valence-corrected chi connectivity index (χ2v) is 19.0. The molecule has 13 atom stereocenters. The molecule has 366 valence electrons. The minimum atomic E-state index is -1.84. The Kier molecular flexibility index (Phi) is 16.8. The highest BCUT2D eigenvalue weighted by Gasteiger charge is 2.63. The van der Waals surface area contributed by atoms with Crippen LogP contribution in [0.5, 0.6) is 0 Å². The third-order valence-corrected chi connectivity index (χ3v) is 14.1. The fourth-order valence-electron chi connectivity index (χ4n) is 10.3. The number of esters is 2. The first-order valence-corrected chi connectivity index (χ1v) is 23.5. The molecule has 17 heteroatoms. The molecule has 3 fully saturated rings. The third kappa shape index (κ3) is 11.0. The van der Waals surface area contributed by atoms with Gasteiger partial charge in [-0.05, 0) is 91.2 Å². The van der Waals surface area contributed by atoms with Crippen LogP contribution in [0.15, 0.2) is 67.4 Å². The molecule has 3 aliphatic heterocycles. The van der Waals surface area contributed by atoms with Crippen LogP contribution in [0.2, 0.25) is 0 Å². The van der Waals surface area contributed by atoms with Gasteiger partial charge in [-0.3, -0.25) is 19.4 Å². The van der Waals surface area contributed by atoms with E-state index in [1.165, 1.54) is 18.9 Å². The number of nitrogens with zero attached hydrogens (tertiary/aromatic N) is 5. The Bertz CT molecular complexity index is 2170. The number of carbonyl (C=O) groups is 5. The molecule has 1 N–H and O–H groups in total. The molecule has 3 aliphatic rings. The van der Waals surface area contributed by atoms with E-state index in [0.29, 0.717) is 31.4 Å². The third-order valence-electron chi connectivity index (χ3n) is 14.1. The van der Waals surface area contributed by atoms with Crippen LogP contribution in [0.25, 0.3) is 11.3 Å². The van der Waals surface area contributed by atoms with Gasteiger partial charge >= 0.3 is 18.0 Å². The van der Waals surface area contributed by atoms with Gasteiger partial charge in [-0.15, -0.1) is 0 Å². The number of carbonyl (C=O) groups excluding carboxylic acids is 5. The van der Waals surface area contributed by atoms with E-state index >= 15 is 0 Å². The quantitative estimate of drug-likeness (QED) is 0.0885. The van der Waals surface area contributed by atoms with Crippen molar-refractivity contribution in [1.29, 1.82) is 0 Å². The number of rotatable bonds is 14. The SMILES string of the molecule is CC[C@H]1OC(=O)[C@H](C)C(=O)[C@H](C)[C@@H](OC2O[C@H](C)C[C@H](N(C)C)[C@H]2OC(=O)c2ccccc2)[C@](C)(OC)C[C@@H](C)C(=O)[C@H](C)[C@H]2N(CCCCn3cnc(-c4cccnc4)c3)C(=O)O[C@]12CO. The molecule has 3 saturated heterocycles. The van der Waals surface area contributed by atoms with Crippen molar-refractivity contribution in [3.8, 4) is 11.3 Å². The Morgan fingerprint density at radius 3 is 2.33 bits per heavy atom. The van der Waals surface area contributed by atoms with Crippen LogP contribution in [0.4, 0.5) is 4.79 Å². The maximum absolute atomic E-state index is 15.0. The molecule has 0 saturated carbocycles. The number of cyclic esters (lactones) is 1. The van der Waals surface area contributed by atoms with Gasteiger partial charge in [0.15, 0.2) is 23.8 Å². The van der Waals surface area contributed by atoms with Gasteiger partial charge < -0.3 is 47.9 Å². The molecule has 0 bridgehead atoms. The number of methoxy groups -OCH3 is 1. The summed E-state index contributed by atoms with van der Waals surface area (Å²) in [4.78, 5) is 83.6. The molecular formula is C50H69N5O12. The molecule has 1 amide bonds. The van der Waals surface area contributed by atoms with Crippen molar-refractivity contribution in [3.05, 3.63) is 72.9 Å². The predicted octanol–water partition coefficient (Wildman–Crippen LogP) is 5.77. The number of aryl methyl sites for hydroxylation is 1. The van der Waals surface area contributed by atoms with Gasteiger partial charge in [-0.2, -0.15) is 0 Å². The molecule has 1 unspecified atom stereocenters. The molecule has 17 nitrogen and oxygen atoms in total. The topological polar surface area (TPSA) is 198 Å². The van der Waals surface area contributed by atoms with Crippen molar-refractivity contribution < 1.29 is 57.5 Å². The second kappa shape index (κ2) is 21.9. The van der Waals surface area contributed by atoms with Crippen LogP contribution < -0.4 is 0 Å². The number of hydrogen-bond donors (Lipinski definition) is 1. The number of benzene rings is 1. The summed E-state index contributed by atoms with van der Waals surface area (Å²) in [6.45, 7) is 11.9. The molecule has 2 aromatic heterocycles. The normalized spacial score (nSPS) is 33.2. The molecule has 0 aliphatic carbocycles. The number of amides is 1. The fraction of sp³-hybridized carbons (Fsp3) is 0.620. The number of imidazole rings is 1. The molecule has 1 aromatic carbocycles. The van der Waals surface area contributed by atoms with Crippen molar-refractivity contribution in [3.63, 3.8) is 0 Å². The number of aliphatic hydroxyl groups excluding tert-OH is 1. The van der Waals surface area contributed by atoms with Crippen molar-refractivity contribution in [2.24, 2.45) is 23.7 Å². The van der Waals surface area contributed by atoms with Crippen LogP contribution >= 0.6 is 0 Å². The Morgan fingerprint density at radius 1 is 0.970 bits per heavy atom. The van der Waals surface area contributed by atoms with E-state index in [1.807, 2.05) is 48.8 Å². The number of likely N-dealkylation sites (N-methyl/N-ethyl adjacent to an activating group) is 1. The molecule has 0 radical (unpaired) electrons. The van der Waals surface area contributed by atoms with Crippen LogP contribution in [-0.2, 0) is 49.3 Å². The Balaban J connectivity index is 1.31. The number of ether oxygens (including phenoxy) is 6. The molecule has 0 spiro atoms. The van der Waals surface area contributed by atoms with Gasteiger partial charge in [-0.25, -0.2) is 14.6 Å². The van der Waals surface area contributed by atoms with E-state index in [0.717, 1.165) is 11.3 Å². The largest absolute Gasteiger partial charge is 0.457 e. The highest BCUT2D eigenvalue weighted by molar-refractivity contribution is 6.00. The van der Waals surface area contributed by atoms with Crippen LogP contribution in [0.1, 0.15) is 90.9 Å². The lowest BCUT2D eigenvalue weighted by Crippen LogP contribution is -2.62. The minimum Gasteiger partial charge on any atom is -0.457 e. The maximum atomic E-state index is 15.0. The second-order valence-electron chi connectivity index (χ2n) is 19.0. The van der Waals surface area contributed by atoms with Crippen molar-refractivity contribution >= 4 is 29.6 Å². The summed E-state index contributed by atoms with van der Waals surface area (Å²) >= 11 is 0. The molecule has 3 aromatic rings. The number of aliphatic hydroxyl groups is 1. The number of Topliss-reactive ketones (excluding diaryl/α,β-unsaturated/α-hetero) is 2. The van der Waals surface area contributed by atoms with Crippen LogP contribution in [0, 0.1) is 23.7 Å². The zero-order chi connectivity index (χ0) is 48.8. The van der Waals surface area contributed by atoms with Crippen LogP contribution in [0.3, 0.4) is 0 Å². The van der Waals surface area contributed by atoms with E-state index < -0.39 is 95.9 Å². The number of fused-ring (bicyclic) bond motifs is 1. The highest BCUT2D eigenvalue weighted by atomic mass is 16.7. The first kappa shape index (κ1) is 51.3. The van der Waals surface area contributed by atoms with Gasteiger partial charge in [0, 0.05) is 62.1 Å². The van der Waals surface area contributed by atoms with Gasteiger partial charge in [0.2, 0.25) is 0 Å². The standard InChI is InChI=1S/C50H69N5O12/c1-11-39-50(28-56)43(55(48(61)67-50)23-16-15-22-54-27-37(52-29-54)36-20-17-21-51-26-36)32(4)40(57)30(2)25-49(7,62-10)44(33(5)41(58)34(6)45(59)64-39)66-47-42(38(53(8)9)24-31(3)63-47)65-46(60)35-18-13-12-14-19-35/h12-14,17-21,26-27,29-34,38-39,42-44,47,56H,11,15-16,22-25,28H2,1-10H3/t30-,31-,32+,33+,34-,38+,39-,42-,43-,44-,47?,49-,50-/m1/s1. The summed E-state index contributed by atoms with van der Waals surface area (Å²) in [6.07, 6.45) is 3.20. The lowest BCUT2D eigenvalue weighted by molar-refractivity contribution is -0.294. The average molecular weight is 932 g/mol. The molecule has 5 heterocycles. The lowest BCUT2D eigenvalue weighted by Gasteiger charge is -2.48. The first-order chi connectivity index (χ1) is 31.9. The van der Waals surface area contributed by atoms with Gasteiger partial charge in [0.25, 0.3) is 0 Å². The zero-order valence-electron chi connectivity index (χ0n) is 40.5.